The number of aromatic nitrogens is 2. The minimum absolute atomic E-state index is 0.198. The number of sulfonamides is 1. The van der Waals surface area contributed by atoms with E-state index in [-0.39, 0.29) is 22.5 Å². The summed E-state index contributed by atoms with van der Waals surface area (Å²) in [6.07, 6.45) is 0. The zero-order chi connectivity index (χ0) is 21.3. The first kappa shape index (κ1) is 20.6. The predicted molar refractivity (Wildman–Crippen MR) is 101 cm³/mol. The number of carbonyl (C=O) groups is 1. The molecule has 1 amide bonds. The molecule has 0 fully saturated rings. The van der Waals surface area contributed by atoms with Gasteiger partial charge in [-0.15, -0.1) is 4.83 Å². The normalized spacial score (nSPS) is 11.8. The minimum atomic E-state index is -4.52. The van der Waals surface area contributed by atoms with E-state index in [9.17, 15) is 26.8 Å². The number of benzene rings is 2. The standard InChI is InChI=1S/C18H16F2N4O4S/c1-10(2)24-18(26)13-6-4-3-5-12(13)16(22-24)17(25)21-23-29(27,28)15-8-7-11(19)9-14(15)20/h3-10,23H,1-2H3,(H,21,25). The van der Waals surface area contributed by atoms with Crippen LogP contribution in [-0.2, 0) is 10.0 Å². The third kappa shape index (κ3) is 4.00. The quantitative estimate of drug-likeness (QED) is 0.610. The topological polar surface area (TPSA) is 110 Å². The molecule has 0 saturated carbocycles. The monoisotopic (exact) mass is 422 g/mol. The van der Waals surface area contributed by atoms with Crippen LogP contribution in [-0.4, -0.2) is 24.1 Å². The van der Waals surface area contributed by atoms with Gasteiger partial charge in [0.15, 0.2) is 5.69 Å². The molecule has 0 aliphatic carbocycles. The number of rotatable bonds is 5. The summed E-state index contributed by atoms with van der Waals surface area (Å²) in [4.78, 5) is 26.0. The van der Waals surface area contributed by atoms with Crippen LogP contribution >= 0.6 is 0 Å². The fourth-order valence-corrected chi connectivity index (χ4v) is 3.54. The molecule has 0 bridgehead atoms. The van der Waals surface area contributed by atoms with E-state index in [4.69, 9.17) is 0 Å². The zero-order valence-electron chi connectivity index (χ0n) is 15.3. The molecular weight excluding hydrogens is 406 g/mol. The van der Waals surface area contributed by atoms with Crippen molar-refractivity contribution in [1.82, 2.24) is 20.0 Å². The molecule has 0 radical (unpaired) electrons. The molecule has 1 heterocycles. The van der Waals surface area contributed by atoms with E-state index >= 15 is 0 Å². The second-order valence-corrected chi connectivity index (χ2v) is 8.02. The number of hydrazine groups is 1. The number of hydrogen-bond donors (Lipinski definition) is 2. The van der Waals surface area contributed by atoms with Gasteiger partial charge in [-0.05, 0) is 32.0 Å². The molecule has 1 aromatic heterocycles. The largest absolute Gasteiger partial charge is 0.287 e. The lowest BCUT2D eigenvalue weighted by molar-refractivity contribution is 0.0939. The SMILES string of the molecule is CC(C)n1nc(C(=O)NNS(=O)(=O)c2ccc(F)cc2F)c2ccccc2c1=O. The third-order valence-electron chi connectivity index (χ3n) is 4.01. The molecule has 3 rings (SSSR count). The molecule has 0 aliphatic rings. The summed E-state index contributed by atoms with van der Waals surface area (Å²) in [6.45, 7) is 3.40. The molecule has 0 aliphatic heterocycles. The summed E-state index contributed by atoms with van der Waals surface area (Å²) in [5, 5.41) is 4.49. The van der Waals surface area contributed by atoms with Crippen LogP contribution in [0.2, 0.25) is 0 Å². The number of nitrogens with one attached hydrogen (secondary N) is 2. The van der Waals surface area contributed by atoms with Crippen LogP contribution in [0.25, 0.3) is 10.8 Å². The number of fused-ring (bicyclic) bond motifs is 1. The van der Waals surface area contributed by atoms with Crippen molar-refractivity contribution < 1.29 is 22.0 Å². The van der Waals surface area contributed by atoms with Gasteiger partial charge in [0, 0.05) is 11.5 Å². The van der Waals surface area contributed by atoms with Crippen LogP contribution in [0.5, 0.6) is 0 Å². The van der Waals surface area contributed by atoms with E-state index in [0.29, 0.717) is 6.07 Å². The van der Waals surface area contributed by atoms with Gasteiger partial charge in [-0.3, -0.25) is 15.0 Å². The molecule has 2 aromatic carbocycles. The maximum absolute atomic E-state index is 13.8. The number of nitrogens with zero attached hydrogens (tertiary/aromatic N) is 2. The van der Waals surface area contributed by atoms with Gasteiger partial charge in [0.1, 0.15) is 16.5 Å². The Morgan fingerprint density at radius 1 is 1.10 bits per heavy atom. The second-order valence-electron chi connectivity index (χ2n) is 6.37. The summed E-state index contributed by atoms with van der Waals surface area (Å²) >= 11 is 0. The highest BCUT2D eigenvalue weighted by Gasteiger charge is 2.23. The number of amides is 1. The fraction of sp³-hybridized carbons (Fsp3) is 0.167. The Bertz CT molecular complexity index is 1270. The zero-order valence-corrected chi connectivity index (χ0v) is 16.1. The molecule has 0 unspecified atom stereocenters. The summed E-state index contributed by atoms with van der Waals surface area (Å²) in [5.74, 6) is -3.22. The molecule has 3 aromatic rings. The van der Waals surface area contributed by atoms with Crippen molar-refractivity contribution >= 4 is 26.7 Å². The Morgan fingerprint density at radius 2 is 1.76 bits per heavy atom. The smallest absolute Gasteiger partial charge is 0.272 e. The maximum atomic E-state index is 13.8. The van der Waals surface area contributed by atoms with Crippen LogP contribution in [0, 0.1) is 11.6 Å². The van der Waals surface area contributed by atoms with Gasteiger partial charge in [0.25, 0.3) is 21.5 Å². The van der Waals surface area contributed by atoms with Gasteiger partial charge < -0.3 is 0 Å². The summed E-state index contributed by atoms with van der Waals surface area (Å²) in [6, 6.07) is 7.78. The van der Waals surface area contributed by atoms with Crippen molar-refractivity contribution in [2.75, 3.05) is 0 Å². The molecule has 0 saturated heterocycles. The maximum Gasteiger partial charge on any atom is 0.287 e. The third-order valence-corrected chi connectivity index (χ3v) is 5.30. The Hall–Kier alpha value is -3.18. The van der Waals surface area contributed by atoms with Crippen LogP contribution in [0.3, 0.4) is 0 Å². The molecule has 11 heteroatoms. The first-order valence-corrected chi connectivity index (χ1v) is 9.89. The summed E-state index contributed by atoms with van der Waals surface area (Å²) in [7, 11) is -4.52. The van der Waals surface area contributed by atoms with E-state index < -0.39 is 38.0 Å². The Kier molecular flexibility index (Phi) is 5.44. The first-order chi connectivity index (χ1) is 13.6. The van der Waals surface area contributed by atoms with Gasteiger partial charge in [0.2, 0.25) is 0 Å². The highest BCUT2D eigenvalue weighted by Crippen LogP contribution is 2.16. The summed E-state index contributed by atoms with van der Waals surface area (Å²) < 4.78 is 52.3. The van der Waals surface area contributed by atoms with E-state index in [1.807, 2.05) is 5.43 Å². The predicted octanol–water partition coefficient (Wildman–Crippen LogP) is 1.88. The lowest BCUT2D eigenvalue weighted by Gasteiger charge is -2.14. The van der Waals surface area contributed by atoms with Gasteiger partial charge in [0.05, 0.1) is 11.4 Å². The molecule has 8 nitrogen and oxygen atoms in total. The van der Waals surface area contributed by atoms with Crippen molar-refractivity contribution in [3.63, 3.8) is 0 Å². The highest BCUT2D eigenvalue weighted by atomic mass is 32.2. The van der Waals surface area contributed by atoms with E-state index in [1.54, 1.807) is 30.8 Å². The molecule has 0 atom stereocenters. The molecule has 0 spiro atoms. The molecule has 2 N–H and O–H groups in total. The van der Waals surface area contributed by atoms with E-state index in [2.05, 4.69) is 5.10 Å². The van der Waals surface area contributed by atoms with Gasteiger partial charge >= 0.3 is 0 Å². The fourth-order valence-electron chi connectivity index (χ4n) is 2.65. The van der Waals surface area contributed by atoms with Crippen LogP contribution in [0.1, 0.15) is 30.4 Å². The average Bonchev–Trinajstić information content (AvgIpc) is 2.66. The van der Waals surface area contributed by atoms with Gasteiger partial charge in [-0.2, -0.15) is 5.10 Å². The summed E-state index contributed by atoms with van der Waals surface area (Å²) in [5.41, 5.74) is 1.34. The van der Waals surface area contributed by atoms with Crippen molar-refractivity contribution in [2.24, 2.45) is 0 Å². The van der Waals surface area contributed by atoms with Crippen molar-refractivity contribution in [1.29, 1.82) is 0 Å². The Morgan fingerprint density at radius 3 is 2.38 bits per heavy atom. The van der Waals surface area contributed by atoms with Crippen molar-refractivity contribution in [3.05, 3.63) is 70.1 Å². The number of hydrogen-bond acceptors (Lipinski definition) is 5. The number of halogens is 2. The van der Waals surface area contributed by atoms with Crippen molar-refractivity contribution in [3.8, 4) is 0 Å². The lowest BCUT2D eigenvalue weighted by atomic mass is 10.1. The first-order valence-electron chi connectivity index (χ1n) is 8.40. The van der Waals surface area contributed by atoms with Gasteiger partial charge in [-0.25, -0.2) is 21.9 Å². The molecule has 152 valence electrons. The molecule has 29 heavy (non-hydrogen) atoms. The van der Waals surface area contributed by atoms with E-state index in [0.717, 1.165) is 16.8 Å². The Labute approximate surface area is 164 Å². The molecular formula is C18H16F2N4O4S. The lowest BCUT2D eigenvalue weighted by Crippen LogP contribution is -2.43. The number of carbonyl (C=O) groups excluding carboxylic acids is 1. The Balaban J connectivity index is 1.96. The van der Waals surface area contributed by atoms with E-state index in [1.165, 1.54) is 12.1 Å². The van der Waals surface area contributed by atoms with Gasteiger partial charge in [-0.1, -0.05) is 18.2 Å². The average molecular weight is 422 g/mol. The second kappa shape index (κ2) is 7.68. The van der Waals surface area contributed by atoms with Crippen LogP contribution in [0.4, 0.5) is 8.78 Å². The van der Waals surface area contributed by atoms with Crippen molar-refractivity contribution in [2.45, 2.75) is 24.8 Å². The van der Waals surface area contributed by atoms with Crippen LogP contribution in [0.15, 0.2) is 52.2 Å². The van der Waals surface area contributed by atoms with Crippen LogP contribution < -0.4 is 15.8 Å². The highest BCUT2D eigenvalue weighted by molar-refractivity contribution is 7.89. The minimum Gasteiger partial charge on any atom is -0.272 e.